The number of benzene rings is 2. The second kappa shape index (κ2) is 13.8. The molecule has 0 aliphatic heterocycles. The lowest BCUT2D eigenvalue weighted by Gasteiger charge is -2.27. The summed E-state index contributed by atoms with van der Waals surface area (Å²) in [6, 6.07) is 14.9. The average molecular weight is 546 g/mol. The molecule has 11 heteroatoms. The molecule has 9 nitrogen and oxygen atoms in total. The molecule has 0 saturated carbocycles. The van der Waals surface area contributed by atoms with Crippen molar-refractivity contribution in [2.45, 2.75) is 38.3 Å². The summed E-state index contributed by atoms with van der Waals surface area (Å²) in [5.41, 5.74) is 1.14. The Balaban J connectivity index is 1.84. The van der Waals surface area contributed by atoms with Crippen LogP contribution in [0.25, 0.3) is 0 Å². The summed E-state index contributed by atoms with van der Waals surface area (Å²) in [6.45, 7) is 3.93. The lowest BCUT2D eigenvalue weighted by atomic mass is 10.2. The fourth-order valence-electron chi connectivity index (χ4n) is 3.72. The molecule has 1 heterocycles. The molecule has 0 fully saturated rings. The Kier molecular flexibility index (Phi) is 10.6. The number of halogens is 1. The quantitative estimate of drug-likeness (QED) is 0.307. The van der Waals surface area contributed by atoms with Crippen molar-refractivity contribution in [3.8, 4) is 0 Å². The third-order valence-corrected chi connectivity index (χ3v) is 7.45. The van der Waals surface area contributed by atoms with E-state index in [9.17, 15) is 22.4 Å². The summed E-state index contributed by atoms with van der Waals surface area (Å²) < 4.78 is 52.5. The van der Waals surface area contributed by atoms with Crippen molar-refractivity contribution >= 4 is 27.5 Å². The van der Waals surface area contributed by atoms with Gasteiger partial charge in [-0.25, -0.2) is 12.8 Å². The zero-order valence-electron chi connectivity index (χ0n) is 21.4. The second-order valence-electron chi connectivity index (χ2n) is 8.55. The predicted molar refractivity (Wildman–Crippen MR) is 140 cm³/mol. The minimum Gasteiger partial charge on any atom is -0.467 e. The Hall–Kier alpha value is -3.54. The van der Waals surface area contributed by atoms with Gasteiger partial charge in [0.05, 0.1) is 24.2 Å². The van der Waals surface area contributed by atoms with Crippen molar-refractivity contribution in [1.82, 2.24) is 9.21 Å². The number of carbonyl (C=O) groups is 2. The largest absolute Gasteiger partial charge is 0.467 e. The molecule has 0 saturated heterocycles. The zero-order chi connectivity index (χ0) is 27.5. The van der Waals surface area contributed by atoms with E-state index >= 15 is 0 Å². The lowest BCUT2D eigenvalue weighted by Crippen LogP contribution is -2.43. The van der Waals surface area contributed by atoms with Crippen LogP contribution in [-0.4, -0.2) is 55.7 Å². The van der Waals surface area contributed by atoms with Gasteiger partial charge in [-0.1, -0.05) is 12.1 Å². The van der Waals surface area contributed by atoms with Crippen molar-refractivity contribution in [3.63, 3.8) is 0 Å². The number of anilines is 1. The van der Waals surface area contributed by atoms with E-state index in [1.165, 1.54) is 54.5 Å². The number of sulfonamides is 1. The first-order chi connectivity index (χ1) is 18.2. The molecule has 0 spiro atoms. The van der Waals surface area contributed by atoms with Crippen LogP contribution in [0.5, 0.6) is 0 Å². The second-order valence-corrected chi connectivity index (χ2v) is 10.5. The van der Waals surface area contributed by atoms with Crippen LogP contribution in [0.15, 0.2) is 76.2 Å². The van der Waals surface area contributed by atoms with Gasteiger partial charge in [-0.3, -0.25) is 9.59 Å². The van der Waals surface area contributed by atoms with E-state index in [4.69, 9.17) is 9.15 Å². The van der Waals surface area contributed by atoms with E-state index in [0.29, 0.717) is 36.6 Å². The Morgan fingerprint density at radius 3 is 2.34 bits per heavy atom. The number of carbonyl (C=O) groups excluding carboxylic acids is 2. The monoisotopic (exact) mass is 545 g/mol. The number of amides is 2. The molecule has 0 aliphatic rings. The third-order valence-electron chi connectivity index (χ3n) is 5.59. The van der Waals surface area contributed by atoms with Crippen LogP contribution in [0.4, 0.5) is 10.1 Å². The van der Waals surface area contributed by atoms with Crippen molar-refractivity contribution in [2.24, 2.45) is 0 Å². The molecule has 204 valence electrons. The van der Waals surface area contributed by atoms with Gasteiger partial charge in [-0.05, 0) is 67.4 Å². The fraction of sp³-hybridized carbons (Fsp3) is 0.333. The van der Waals surface area contributed by atoms with Crippen molar-refractivity contribution in [2.75, 3.05) is 31.6 Å². The average Bonchev–Trinajstić information content (AvgIpc) is 3.40. The van der Waals surface area contributed by atoms with Gasteiger partial charge in [0.25, 0.3) is 0 Å². The first-order valence-corrected chi connectivity index (χ1v) is 13.6. The first-order valence-electron chi connectivity index (χ1n) is 12.2. The topological polar surface area (TPSA) is 109 Å². The molecule has 3 rings (SSSR count). The Labute approximate surface area is 222 Å². The maximum absolute atomic E-state index is 13.6. The highest BCUT2D eigenvalue weighted by Gasteiger charge is 2.29. The minimum absolute atomic E-state index is 0.00747. The van der Waals surface area contributed by atoms with Crippen LogP contribution < -0.4 is 5.32 Å². The fourth-order valence-corrected chi connectivity index (χ4v) is 5.15. The van der Waals surface area contributed by atoms with Gasteiger partial charge in [-0.15, -0.1) is 0 Å². The highest BCUT2D eigenvalue weighted by atomic mass is 32.2. The van der Waals surface area contributed by atoms with Crippen LogP contribution in [0.3, 0.4) is 0 Å². The van der Waals surface area contributed by atoms with E-state index in [-0.39, 0.29) is 30.4 Å². The summed E-state index contributed by atoms with van der Waals surface area (Å²) in [4.78, 5) is 26.3. The van der Waals surface area contributed by atoms with Gasteiger partial charge in [0.15, 0.2) is 0 Å². The van der Waals surface area contributed by atoms with E-state index < -0.39 is 28.3 Å². The molecule has 0 bridgehead atoms. The van der Waals surface area contributed by atoms with Gasteiger partial charge in [-0.2, -0.15) is 4.31 Å². The smallest absolute Gasteiger partial charge is 0.243 e. The molecule has 2 amide bonds. The highest BCUT2D eigenvalue weighted by Crippen LogP contribution is 2.20. The zero-order valence-corrected chi connectivity index (χ0v) is 22.2. The number of furan rings is 1. The van der Waals surface area contributed by atoms with Crippen LogP contribution in [-0.2, 0) is 37.4 Å². The predicted octanol–water partition coefficient (Wildman–Crippen LogP) is 4.02. The maximum atomic E-state index is 13.6. The molecule has 2 aromatic carbocycles. The molecule has 1 N–H and O–H groups in total. The molecular weight excluding hydrogens is 513 g/mol. The molecular formula is C27H32FN3O6S. The third kappa shape index (κ3) is 8.51. The van der Waals surface area contributed by atoms with Crippen molar-refractivity contribution < 1.29 is 31.6 Å². The van der Waals surface area contributed by atoms with Gasteiger partial charge in [0, 0.05) is 38.9 Å². The number of hydrogen-bond donors (Lipinski definition) is 1. The Morgan fingerprint density at radius 2 is 1.74 bits per heavy atom. The summed E-state index contributed by atoms with van der Waals surface area (Å²) in [5.74, 6) is -0.587. The molecule has 0 unspecified atom stereocenters. The molecule has 0 aliphatic carbocycles. The van der Waals surface area contributed by atoms with E-state index in [1.54, 1.807) is 24.3 Å². The number of nitrogens with zero attached hydrogens (tertiary/aromatic N) is 2. The lowest BCUT2D eigenvalue weighted by molar-refractivity contribution is -0.133. The molecule has 0 atom stereocenters. The van der Waals surface area contributed by atoms with Crippen molar-refractivity contribution in [1.29, 1.82) is 0 Å². The molecule has 3 aromatic rings. The van der Waals surface area contributed by atoms with E-state index in [0.717, 1.165) is 4.31 Å². The minimum atomic E-state index is -4.06. The molecule has 38 heavy (non-hydrogen) atoms. The van der Waals surface area contributed by atoms with Gasteiger partial charge in [0.2, 0.25) is 21.8 Å². The highest BCUT2D eigenvalue weighted by molar-refractivity contribution is 7.89. The van der Waals surface area contributed by atoms with E-state index in [1.807, 2.05) is 6.92 Å². The van der Waals surface area contributed by atoms with E-state index in [2.05, 4.69) is 5.32 Å². The summed E-state index contributed by atoms with van der Waals surface area (Å²) >= 11 is 0. The number of nitrogens with one attached hydrogen (secondary N) is 1. The first kappa shape index (κ1) is 29.0. The molecule has 1 aromatic heterocycles. The SMILES string of the molecule is CCOCCCN(CC(=O)N(Cc1ccc(F)cc1)Cc1ccco1)S(=O)(=O)c1ccc(NC(C)=O)cc1. The number of ether oxygens (including phenoxy) is 1. The number of rotatable bonds is 14. The van der Waals surface area contributed by atoms with Gasteiger partial charge < -0.3 is 19.4 Å². The summed E-state index contributed by atoms with van der Waals surface area (Å²) in [6.07, 6.45) is 1.88. The summed E-state index contributed by atoms with van der Waals surface area (Å²) in [7, 11) is -4.06. The summed E-state index contributed by atoms with van der Waals surface area (Å²) in [5, 5.41) is 2.60. The van der Waals surface area contributed by atoms with Crippen LogP contribution in [0.2, 0.25) is 0 Å². The van der Waals surface area contributed by atoms with Crippen LogP contribution >= 0.6 is 0 Å². The van der Waals surface area contributed by atoms with Crippen LogP contribution in [0.1, 0.15) is 31.6 Å². The van der Waals surface area contributed by atoms with Crippen molar-refractivity contribution in [3.05, 3.63) is 84.1 Å². The number of hydrogen-bond acceptors (Lipinski definition) is 6. The maximum Gasteiger partial charge on any atom is 0.243 e. The Morgan fingerprint density at radius 1 is 1.03 bits per heavy atom. The molecule has 0 radical (unpaired) electrons. The van der Waals surface area contributed by atoms with Crippen LogP contribution in [0, 0.1) is 5.82 Å². The van der Waals surface area contributed by atoms with Gasteiger partial charge >= 0.3 is 0 Å². The Bertz CT molecular complexity index is 1280. The standard InChI is InChI=1S/C27H32FN3O6S/c1-3-36-16-5-15-31(38(34,35)26-13-11-24(12-14-26)29-21(2)32)20-27(33)30(19-25-6-4-17-37-25)18-22-7-9-23(28)10-8-22/h4,6-14,17H,3,5,15-16,18-20H2,1-2H3,(H,29,32). The van der Waals surface area contributed by atoms with Gasteiger partial charge in [0.1, 0.15) is 11.6 Å². The normalized spacial score (nSPS) is 11.5.